The molecule has 3 rings (SSSR count). The third-order valence-corrected chi connectivity index (χ3v) is 4.99. The van der Waals surface area contributed by atoms with Gasteiger partial charge in [-0.15, -0.1) is 0 Å². The number of piperazine rings is 1. The van der Waals surface area contributed by atoms with Crippen molar-refractivity contribution in [2.45, 2.75) is 25.3 Å². The summed E-state index contributed by atoms with van der Waals surface area (Å²) in [6.07, 6.45) is 3.00. The normalized spacial score (nSPS) is 18.7. The summed E-state index contributed by atoms with van der Waals surface area (Å²) in [4.78, 5) is 28.6. The van der Waals surface area contributed by atoms with E-state index >= 15 is 0 Å². The number of rotatable bonds is 5. The fourth-order valence-corrected chi connectivity index (χ4v) is 3.18. The predicted molar refractivity (Wildman–Crippen MR) is 92.3 cm³/mol. The first kappa shape index (κ1) is 16.5. The molecule has 0 radical (unpaired) electrons. The Morgan fingerprint density at radius 1 is 1.09 bits per heavy atom. The average Bonchev–Trinajstić information content (AvgIpc) is 3.40. The van der Waals surface area contributed by atoms with Gasteiger partial charge in [-0.2, -0.15) is 0 Å². The molecule has 0 unspecified atom stereocenters. The molecule has 6 heteroatoms. The fourth-order valence-electron chi connectivity index (χ4n) is 2.92. The lowest BCUT2D eigenvalue weighted by Gasteiger charge is -2.34. The first-order chi connectivity index (χ1) is 11.1. The van der Waals surface area contributed by atoms with Crippen LogP contribution < -0.4 is 5.32 Å². The minimum Gasteiger partial charge on any atom is -0.352 e. The highest BCUT2D eigenvalue weighted by atomic mass is 79.9. The van der Waals surface area contributed by atoms with Gasteiger partial charge in [-0.05, 0) is 37.1 Å². The van der Waals surface area contributed by atoms with Gasteiger partial charge < -0.3 is 10.2 Å². The molecule has 1 aromatic carbocycles. The number of carbonyl (C=O) groups is 2. The van der Waals surface area contributed by atoms with Crippen molar-refractivity contribution in [1.82, 2.24) is 15.1 Å². The molecule has 1 aliphatic carbocycles. The zero-order chi connectivity index (χ0) is 16.2. The third-order valence-electron chi connectivity index (χ3n) is 4.46. The Balaban J connectivity index is 1.37. The van der Waals surface area contributed by atoms with Gasteiger partial charge in [0.2, 0.25) is 5.91 Å². The van der Waals surface area contributed by atoms with Gasteiger partial charge >= 0.3 is 0 Å². The van der Waals surface area contributed by atoms with Gasteiger partial charge in [0.05, 0.1) is 0 Å². The van der Waals surface area contributed by atoms with Crippen molar-refractivity contribution >= 4 is 27.7 Å². The maximum absolute atomic E-state index is 12.2. The monoisotopic (exact) mass is 379 g/mol. The van der Waals surface area contributed by atoms with Crippen molar-refractivity contribution in [3.63, 3.8) is 0 Å². The second-order valence-electron chi connectivity index (χ2n) is 6.16. The van der Waals surface area contributed by atoms with E-state index in [0.717, 1.165) is 36.7 Å². The van der Waals surface area contributed by atoms with Crippen LogP contribution in [0.3, 0.4) is 0 Å². The summed E-state index contributed by atoms with van der Waals surface area (Å²) in [5.41, 5.74) is 0.610. The second kappa shape index (κ2) is 7.45. The number of hydrogen-bond acceptors (Lipinski definition) is 3. The highest BCUT2D eigenvalue weighted by Crippen LogP contribution is 2.27. The van der Waals surface area contributed by atoms with Gasteiger partial charge in [0, 0.05) is 55.2 Å². The molecule has 0 spiro atoms. The summed E-state index contributed by atoms with van der Waals surface area (Å²) < 4.78 is 0.939. The molecule has 1 saturated heterocycles. The number of benzene rings is 1. The third kappa shape index (κ3) is 4.54. The Labute approximate surface area is 145 Å². The van der Waals surface area contributed by atoms with Gasteiger partial charge in [0.25, 0.3) is 5.91 Å². The molecule has 2 amide bonds. The van der Waals surface area contributed by atoms with Crippen LogP contribution in [0, 0.1) is 0 Å². The van der Waals surface area contributed by atoms with Crippen molar-refractivity contribution in [3.8, 4) is 0 Å². The van der Waals surface area contributed by atoms with Gasteiger partial charge in [-0.1, -0.05) is 15.9 Å². The van der Waals surface area contributed by atoms with Crippen LogP contribution in [0.15, 0.2) is 28.7 Å². The van der Waals surface area contributed by atoms with Crippen molar-refractivity contribution in [3.05, 3.63) is 34.3 Å². The number of amides is 2. The Hall–Kier alpha value is -1.40. The van der Waals surface area contributed by atoms with Crippen LogP contribution in [0.4, 0.5) is 0 Å². The molecule has 5 nitrogen and oxygen atoms in total. The van der Waals surface area contributed by atoms with Crippen LogP contribution in [-0.4, -0.2) is 60.4 Å². The van der Waals surface area contributed by atoms with Gasteiger partial charge in [-0.3, -0.25) is 14.5 Å². The molecule has 1 aromatic rings. The molecule has 1 heterocycles. The van der Waals surface area contributed by atoms with E-state index in [1.54, 1.807) is 12.1 Å². The van der Waals surface area contributed by atoms with E-state index in [1.807, 2.05) is 17.0 Å². The lowest BCUT2D eigenvalue weighted by atomic mass is 10.2. The zero-order valence-corrected chi connectivity index (χ0v) is 14.7. The summed E-state index contributed by atoms with van der Waals surface area (Å²) in [5.74, 6) is 0.000376. The van der Waals surface area contributed by atoms with Crippen molar-refractivity contribution in [2.75, 3.05) is 32.7 Å². The van der Waals surface area contributed by atoms with Crippen LogP contribution in [0.1, 0.15) is 29.6 Å². The lowest BCUT2D eigenvalue weighted by molar-refractivity contribution is -0.132. The molecule has 0 aromatic heterocycles. The zero-order valence-electron chi connectivity index (χ0n) is 13.1. The quantitative estimate of drug-likeness (QED) is 0.849. The average molecular weight is 380 g/mol. The smallest absolute Gasteiger partial charge is 0.251 e. The number of hydrogen-bond donors (Lipinski definition) is 1. The lowest BCUT2D eigenvalue weighted by Crippen LogP contribution is -2.49. The predicted octanol–water partition coefficient (Wildman–Crippen LogP) is 1.88. The van der Waals surface area contributed by atoms with Gasteiger partial charge in [-0.25, -0.2) is 0 Å². The van der Waals surface area contributed by atoms with Gasteiger partial charge in [0.15, 0.2) is 0 Å². The summed E-state index contributed by atoms with van der Waals surface area (Å²) >= 11 is 3.34. The fraction of sp³-hybridized carbons (Fsp3) is 0.529. The highest BCUT2D eigenvalue weighted by Gasteiger charge is 2.32. The van der Waals surface area contributed by atoms with E-state index in [9.17, 15) is 9.59 Å². The Morgan fingerprint density at radius 2 is 1.74 bits per heavy atom. The Kier molecular flexibility index (Phi) is 5.33. The van der Waals surface area contributed by atoms with E-state index in [2.05, 4.69) is 26.1 Å². The van der Waals surface area contributed by atoms with E-state index in [1.165, 1.54) is 12.8 Å². The van der Waals surface area contributed by atoms with Crippen molar-refractivity contribution < 1.29 is 9.59 Å². The number of nitrogens with zero attached hydrogens (tertiary/aromatic N) is 2. The van der Waals surface area contributed by atoms with Crippen LogP contribution in [0.2, 0.25) is 0 Å². The molecule has 1 saturated carbocycles. The summed E-state index contributed by atoms with van der Waals surface area (Å²) in [5, 5.41) is 2.81. The summed E-state index contributed by atoms with van der Waals surface area (Å²) in [6.45, 7) is 3.99. The first-order valence-electron chi connectivity index (χ1n) is 8.19. The molecule has 0 bridgehead atoms. The van der Waals surface area contributed by atoms with E-state index in [0.29, 0.717) is 18.5 Å². The Bertz CT molecular complexity index is 564. The first-order valence-corrected chi connectivity index (χ1v) is 8.98. The number of carbonyl (C=O) groups excluding carboxylic acids is 2. The van der Waals surface area contributed by atoms with Crippen LogP contribution >= 0.6 is 15.9 Å². The molecule has 124 valence electrons. The SMILES string of the molecule is O=C(NCCC(=O)N1CCN(C2CC2)CC1)c1ccc(Br)cc1. The number of nitrogens with one attached hydrogen (secondary N) is 1. The molecular weight excluding hydrogens is 358 g/mol. The van der Waals surface area contributed by atoms with Crippen LogP contribution in [0.25, 0.3) is 0 Å². The standard InChI is InChI=1S/C17H22BrN3O2/c18-14-3-1-13(2-4-14)17(23)19-8-7-16(22)21-11-9-20(10-12-21)15-5-6-15/h1-4,15H,5-12H2,(H,19,23). The molecule has 1 aliphatic heterocycles. The van der Waals surface area contributed by atoms with E-state index in [-0.39, 0.29) is 11.8 Å². The molecule has 23 heavy (non-hydrogen) atoms. The minimum absolute atomic E-state index is 0.135. The second-order valence-corrected chi connectivity index (χ2v) is 7.08. The molecule has 2 fully saturated rings. The van der Waals surface area contributed by atoms with Crippen molar-refractivity contribution in [1.29, 1.82) is 0 Å². The topological polar surface area (TPSA) is 52.7 Å². The largest absolute Gasteiger partial charge is 0.352 e. The maximum Gasteiger partial charge on any atom is 0.251 e. The van der Waals surface area contributed by atoms with Crippen molar-refractivity contribution in [2.24, 2.45) is 0 Å². The summed E-state index contributed by atoms with van der Waals surface area (Å²) in [6, 6.07) is 7.97. The van der Waals surface area contributed by atoms with Crippen LogP contribution in [-0.2, 0) is 4.79 Å². The molecule has 0 atom stereocenters. The van der Waals surface area contributed by atoms with E-state index in [4.69, 9.17) is 0 Å². The minimum atomic E-state index is -0.135. The number of halogens is 1. The summed E-state index contributed by atoms with van der Waals surface area (Å²) in [7, 11) is 0. The molecule has 1 N–H and O–H groups in total. The van der Waals surface area contributed by atoms with Gasteiger partial charge in [0.1, 0.15) is 0 Å². The van der Waals surface area contributed by atoms with E-state index < -0.39 is 0 Å². The molecular formula is C17H22BrN3O2. The molecule has 2 aliphatic rings. The van der Waals surface area contributed by atoms with Crippen LogP contribution in [0.5, 0.6) is 0 Å². The maximum atomic E-state index is 12.2. The highest BCUT2D eigenvalue weighted by molar-refractivity contribution is 9.10. The Morgan fingerprint density at radius 3 is 2.35 bits per heavy atom.